The Bertz CT molecular complexity index is 3130. The summed E-state index contributed by atoms with van der Waals surface area (Å²) in [4.78, 5) is 4.76. The molecule has 0 aliphatic carbocycles. The minimum absolute atomic E-state index is 0.791. The highest BCUT2D eigenvalue weighted by molar-refractivity contribution is 6.21. The van der Waals surface area contributed by atoms with Crippen LogP contribution < -0.4 is 0 Å². The zero-order valence-corrected chi connectivity index (χ0v) is 31.2. The Morgan fingerprint density at radius 1 is 0.474 bits per heavy atom. The maximum atomic E-state index is 8.45. The van der Waals surface area contributed by atoms with Gasteiger partial charge in [0.2, 0.25) is 0 Å². The van der Waals surface area contributed by atoms with E-state index in [0.29, 0.717) is 0 Å². The third kappa shape index (κ3) is 5.94. The molecule has 0 saturated carbocycles. The number of fused-ring (bicyclic) bond motifs is 5. The van der Waals surface area contributed by atoms with Crippen molar-refractivity contribution in [2.45, 2.75) is 0 Å². The van der Waals surface area contributed by atoms with E-state index in [1.807, 2.05) is 36.5 Å². The predicted octanol–water partition coefficient (Wildman–Crippen LogP) is 14.2. The first-order valence-electron chi connectivity index (χ1n) is 19.2. The van der Waals surface area contributed by atoms with Crippen molar-refractivity contribution in [2.75, 3.05) is 0 Å². The van der Waals surface area contributed by atoms with Gasteiger partial charge >= 0.3 is 0 Å². The zero-order chi connectivity index (χ0) is 38.3. The van der Waals surface area contributed by atoms with Crippen LogP contribution in [-0.2, 0) is 0 Å². The number of aromatic nitrogens is 2. The van der Waals surface area contributed by atoms with Gasteiger partial charge in [-0.1, -0.05) is 152 Å². The highest BCUT2D eigenvalue weighted by Gasteiger charge is 2.18. The van der Waals surface area contributed by atoms with Crippen LogP contribution in [0.4, 0.5) is 0 Å². The number of para-hydroxylation sites is 1. The summed E-state index contributed by atoms with van der Waals surface area (Å²) >= 11 is 0. The van der Waals surface area contributed by atoms with E-state index in [9.17, 15) is 0 Å². The van der Waals surface area contributed by atoms with Crippen molar-refractivity contribution in [3.63, 3.8) is 0 Å². The topological polar surface area (TPSA) is 41.7 Å². The molecule has 0 saturated heterocycles. The molecule has 0 aliphatic rings. The summed E-state index contributed by atoms with van der Waals surface area (Å²) in [5.74, 6) is 0. The molecule has 268 valence electrons. The van der Waals surface area contributed by atoms with Crippen LogP contribution in [0.3, 0.4) is 0 Å². The molecule has 0 atom stereocenters. The zero-order valence-electron chi connectivity index (χ0n) is 31.2. The molecule has 10 rings (SSSR count). The summed E-state index contributed by atoms with van der Waals surface area (Å²) in [5, 5.41) is 15.5. The van der Waals surface area contributed by atoms with Crippen LogP contribution in [0.25, 0.3) is 93.7 Å². The number of nitrogens with zero attached hydrogens (tertiary/aromatic N) is 2. The molecule has 0 amide bonds. The Kier molecular flexibility index (Phi) is 8.46. The van der Waals surface area contributed by atoms with Gasteiger partial charge in [-0.15, -0.1) is 0 Å². The smallest absolute Gasteiger partial charge is 0.145 e. The van der Waals surface area contributed by atoms with Gasteiger partial charge in [-0.2, -0.15) is 0 Å². The summed E-state index contributed by atoms with van der Waals surface area (Å²) < 4.78 is 2.20. The van der Waals surface area contributed by atoms with Crippen LogP contribution in [0.5, 0.6) is 0 Å². The maximum Gasteiger partial charge on any atom is 0.145 e. The minimum Gasteiger partial charge on any atom is -0.308 e. The van der Waals surface area contributed by atoms with Crippen molar-refractivity contribution >= 4 is 60.8 Å². The molecule has 2 aromatic heterocycles. The van der Waals surface area contributed by atoms with Crippen molar-refractivity contribution in [2.24, 2.45) is 0 Å². The van der Waals surface area contributed by atoms with Gasteiger partial charge in [0.25, 0.3) is 0 Å². The van der Waals surface area contributed by atoms with Crippen LogP contribution in [0.15, 0.2) is 207 Å². The molecule has 0 spiro atoms. The second-order valence-electron chi connectivity index (χ2n) is 14.4. The molecule has 2 heterocycles. The average Bonchev–Trinajstić information content (AvgIpc) is 3.61. The van der Waals surface area contributed by atoms with Crippen molar-refractivity contribution in [3.8, 4) is 39.1 Å². The van der Waals surface area contributed by atoms with E-state index in [1.54, 1.807) is 0 Å². The third-order valence-corrected chi connectivity index (χ3v) is 11.1. The minimum atomic E-state index is 0.791. The van der Waals surface area contributed by atoms with Gasteiger partial charge in [-0.05, 0) is 126 Å². The lowest BCUT2D eigenvalue weighted by Gasteiger charge is -2.18. The molecule has 10 aromatic rings. The van der Waals surface area contributed by atoms with E-state index >= 15 is 0 Å². The molecule has 0 fully saturated rings. The van der Waals surface area contributed by atoms with E-state index in [-0.39, 0.29) is 0 Å². The second kappa shape index (κ2) is 14.2. The summed E-state index contributed by atoms with van der Waals surface area (Å²) in [5.41, 5.74) is 13.9. The molecule has 0 bridgehead atoms. The van der Waals surface area contributed by atoms with Crippen LogP contribution in [0.1, 0.15) is 11.1 Å². The SMILES string of the molecule is C=C(/C=C(\C=N)c1ccc2c(c1)c1cccnc1n2-c1ccccc1)c1ccc(-c2c3ccccc3c(-c3cccc(-c4ccccc4)c3)c3ccccc23)cc1. The van der Waals surface area contributed by atoms with Crippen LogP contribution in [-0.4, -0.2) is 15.8 Å². The Hall–Kier alpha value is -7.62. The number of pyridine rings is 1. The van der Waals surface area contributed by atoms with E-state index in [4.69, 9.17) is 10.4 Å². The highest BCUT2D eigenvalue weighted by Crippen LogP contribution is 2.44. The molecule has 0 unspecified atom stereocenters. The van der Waals surface area contributed by atoms with Gasteiger partial charge in [-0.25, -0.2) is 4.98 Å². The van der Waals surface area contributed by atoms with Gasteiger partial charge in [-0.3, -0.25) is 4.57 Å². The third-order valence-electron chi connectivity index (χ3n) is 11.1. The monoisotopic (exact) mass is 727 g/mol. The van der Waals surface area contributed by atoms with Gasteiger partial charge in [0, 0.05) is 28.9 Å². The van der Waals surface area contributed by atoms with Crippen molar-refractivity contribution in [1.82, 2.24) is 9.55 Å². The van der Waals surface area contributed by atoms with Crippen molar-refractivity contribution < 1.29 is 0 Å². The number of hydrogen-bond acceptors (Lipinski definition) is 2. The Labute approximate surface area is 331 Å². The molecule has 1 N–H and O–H groups in total. The molecule has 57 heavy (non-hydrogen) atoms. The molecule has 3 nitrogen and oxygen atoms in total. The van der Waals surface area contributed by atoms with Crippen LogP contribution in [0, 0.1) is 5.41 Å². The van der Waals surface area contributed by atoms with E-state index < -0.39 is 0 Å². The first-order valence-corrected chi connectivity index (χ1v) is 19.2. The van der Waals surface area contributed by atoms with Gasteiger partial charge in [0.05, 0.1) is 5.52 Å². The molecular weight excluding hydrogens is 691 g/mol. The van der Waals surface area contributed by atoms with Gasteiger partial charge in [0.1, 0.15) is 5.65 Å². The summed E-state index contributed by atoms with van der Waals surface area (Å²) in [7, 11) is 0. The summed E-state index contributed by atoms with van der Waals surface area (Å²) in [6.45, 7) is 4.48. The van der Waals surface area contributed by atoms with Crippen LogP contribution in [0.2, 0.25) is 0 Å². The van der Waals surface area contributed by atoms with Crippen LogP contribution >= 0.6 is 0 Å². The number of allylic oxidation sites excluding steroid dienone is 3. The molecule has 0 aliphatic heterocycles. The normalized spacial score (nSPS) is 11.8. The summed E-state index contributed by atoms with van der Waals surface area (Å²) in [6.07, 6.45) is 5.28. The molecule has 0 radical (unpaired) electrons. The average molecular weight is 728 g/mol. The highest BCUT2D eigenvalue weighted by atomic mass is 15.0. The lowest BCUT2D eigenvalue weighted by Crippen LogP contribution is -1.95. The number of nitrogens with one attached hydrogen (secondary N) is 1. The molecule has 3 heteroatoms. The fourth-order valence-electron chi connectivity index (χ4n) is 8.43. The van der Waals surface area contributed by atoms with E-state index in [2.05, 4.69) is 175 Å². The fraction of sp³-hybridized carbons (Fsp3) is 0. The number of rotatable bonds is 8. The molecule has 8 aromatic carbocycles. The Morgan fingerprint density at radius 2 is 1.04 bits per heavy atom. The van der Waals surface area contributed by atoms with Crippen molar-refractivity contribution in [3.05, 3.63) is 218 Å². The van der Waals surface area contributed by atoms with E-state index in [1.165, 1.54) is 55.6 Å². The first kappa shape index (κ1) is 33.9. The largest absolute Gasteiger partial charge is 0.308 e. The molecular formula is C54H37N3. The fourth-order valence-corrected chi connectivity index (χ4v) is 8.43. The second-order valence-corrected chi connectivity index (χ2v) is 14.4. The first-order chi connectivity index (χ1) is 28.2. The quantitative estimate of drug-likeness (QED) is 0.0945. The standard InChI is InChI=1S/C54H37N3/c1-36(32-43(35-55)41-29-30-51-50(34-41)49-24-13-31-56-54(49)57(51)44-18-6-3-7-19-44)37-25-27-39(28-26-37)52-45-20-8-10-22-47(45)53(48-23-11-9-21-46(48)52)42-17-12-16-40(33-42)38-14-4-2-5-15-38/h2-35,55H,1H2/b43-32+,55-35?. The number of benzene rings is 8. The van der Waals surface area contributed by atoms with E-state index in [0.717, 1.165) is 55.5 Å². The number of hydrogen-bond donors (Lipinski definition) is 1. The van der Waals surface area contributed by atoms with Gasteiger partial charge < -0.3 is 5.41 Å². The van der Waals surface area contributed by atoms with Gasteiger partial charge in [0.15, 0.2) is 0 Å². The Morgan fingerprint density at radius 3 is 1.70 bits per heavy atom. The maximum absolute atomic E-state index is 8.45. The lowest BCUT2D eigenvalue weighted by molar-refractivity contribution is 1.14. The van der Waals surface area contributed by atoms with Crippen molar-refractivity contribution in [1.29, 1.82) is 5.41 Å². The summed E-state index contributed by atoms with van der Waals surface area (Å²) in [6, 6.07) is 66.6. The predicted molar refractivity (Wildman–Crippen MR) is 242 cm³/mol. The lowest BCUT2D eigenvalue weighted by atomic mass is 9.85. The Balaban J connectivity index is 1.03.